The van der Waals surface area contributed by atoms with Crippen molar-refractivity contribution >= 4 is 5.78 Å². The average Bonchev–Trinajstić information content (AvgIpc) is 2.27. The van der Waals surface area contributed by atoms with Gasteiger partial charge in [0, 0.05) is 12.2 Å². The summed E-state index contributed by atoms with van der Waals surface area (Å²) in [5.74, 6) is -2.03. The van der Waals surface area contributed by atoms with Crippen LogP contribution in [0.15, 0.2) is 18.2 Å². The molecule has 2 nitrogen and oxygen atoms in total. The largest absolute Gasteiger partial charge is 0.419 e. The third kappa shape index (κ3) is 3.53. The monoisotopic (exact) mass is 278 g/mol. The van der Waals surface area contributed by atoms with Crippen LogP contribution in [0.5, 0.6) is 0 Å². The van der Waals surface area contributed by atoms with Crippen molar-refractivity contribution in [1.82, 2.24) is 0 Å². The first kappa shape index (κ1) is 15.6. The maximum Gasteiger partial charge on any atom is 0.419 e. The number of hydrogen-bond donors (Lipinski definition) is 0. The predicted molar refractivity (Wildman–Crippen MR) is 61.4 cm³/mol. The van der Waals surface area contributed by atoms with E-state index < -0.39 is 28.9 Å². The molecule has 19 heavy (non-hydrogen) atoms. The van der Waals surface area contributed by atoms with Crippen LogP contribution in [0.1, 0.15) is 36.7 Å². The zero-order chi connectivity index (χ0) is 14.8. The first-order valence-electron chi connectivity index (χ1n) is 5.65. The Balaban J connectivity index is 3.20. The summed E-state index contributed by atoms with van der Waals surface area (Å²) in [5, 5.41) is 0. The average molecular weight is 278 g/mol. The zero-order valence-corrected chi connectivity index (χ0v) is 10.8. The molecular formula is C13H14F4O2. The Bertz CT molecular complexity index is 478. The molecule has 0 aliphatic carbocycles. The van der Waals surface area contributed by atoms with Crippen LogP contribution in [0, 0.1) is 5.82 Å². The van der Waals surface area contributed by atoms with Crippen molar-refractivity contribution < 1.29 is 27.1 Å². The van der Waals surface area contributed by atoms with Gasteiger partial charge >= 0.3 is 6.18 Å². The molecule has 6 heteroatoms. The van der Waals surface area contributed by atoms with Gasteiger partial charge in [-0.2, -0.15) is 13.2 Å². The van der Waals surface area contributed by atoms with Crippen molar-refractivity contribution in [3.63, 3.8) is 0 Å². The Labute approximate surface area is 108 Å². The van der Waals surface area contributed by atoms with Gasteiger partial charge in [-0.1, -0.05) is 0 Å². The standard InChI is InChI=1S/C13H14F4O2/c1-4-19-12(2,3)11(18)8-5-6-10(14)9(7-8)13(15,16)17/h5-7H,4H2,1-3H3. The number of hydrogen-bond acceptors (Lipinski definition) is 2. The summed E-state index contributed by atoms with van der Waals surface area (Å²) >= 11 is 0. The van der Waals surface area contributed by atoms with Gasteiger partial charge in [0.2, 0.25) is 0 Å². The minimum atomic E-state index is -4.84. The second-order valence-corrected chi connectivity index (χ2v) is 4.46. The molecule has 106 valence electrons. The zero-order valence-electron chi connectivity index (χ0n) is 10.8. The maximum absolute atomic E-state index is 13.1. The fourth-order valence-corrected chi connectivity index (χ4v) is 1.66. The molecular weight excluding hydrogens is 264 g/mol. The lowest BCUT2D eigenvalue weighted by Crippen LogP contribution is -2.35. The van der Waals surface area contributed by atoms with Crippen LogP contribution < -0.4 is 0 Å². The van der Waals surface area contributed by atoms with Crippen LogP contribution in [-0.4, -0.2) is 18.0 Å². The minimum absolute atomic E-state index is 0.229. The normalized spacial score (nSPS) is 12.6. The number of Topliss-reactive ketones (excluding diaryl/α,β-unsaturated/α-hetero) is 1. The number of benzene rings is 1. The van der Waals surface area contributed by atoms with E-state index in [0.29, 0.717) is 12.1 Å². The van der Waals surface area contributed by atoms with Gasteiger partial charge in [-0.15, -0.1) is 0 Å². The molecule has 1 aromatic carbocycles. The molecule has 0 amide bonds. The molecule has 0 saturated carbocycles. The molecule has 1 aromatic rings. The summed E-state index contributed by atoms with van der Waals surface area (Å²) in [7, 11) is 0. The van der Waals surface area contributed by atoms with E-state index in [1.165, 1.54) is 13.8 Å². The number of alkyl halides is 3. The number of carbonyl (C=O) groups excluding carboxylic acids is 1. The summed E-state index contributed by atoms with van der Waals surface area (Å²) < 4.78 is 56.0. The van der Waals surface area contributed by atoms with E-state index in [2.05, 4.69) is 0 Å². The highest BCUT2D eigenvalue weighted by atomic mass is 19.4. The summed E-state index contributed by atoms with van der Waals surface area (Å²) in [6.07, 6.45) is -4.84. The smallest absolute Gasteiger partial charge is 0.368 e. The van der Waals surface area contributed by atoms with Crippen molar-refractivity contribution in [2.24, 2.45) is 0 Å². The molecule has 0 aromatic heterocycles. The lowest BCUT2D eigenvalue weighted by Gasteiger charge is -2.23. The molecule has 0 unspecified atom stereocenters. The molecule has 0 heterocycles. The minimum Gasteiger partial charge on any atom is -0.368 e. The molecule has 0 saturated heterocycles. The fourth-order valence-electron chi connectivity index (χ4n) is 1.66. The summed E-state index contributed by atoms with van der Waals surface area (Å²) in [6, 6.07) is 2.17. The Hall–Kier alpha value is -1.43. The first-order valence-corrected chi connectivity index (χ1v) is 5.65. The topological polar surface area (TPSA) is 26.3 Å². The van der Waals surface area contributed by atoms with Crippen LogP contribution >= 0.6 is 0 Å². The van der Waals surface area contributed by atoms with Gasteiger partial charge in [-0.25, -0.2) is 4.39 Å². The lowest BCUT2D eigenvalue weighted by molar-refractivity contribution is -0.140. The van der Waals surface area contributed by atoms with Crippen molar-refractivity contribution in [2.45, 2.75) is 32.5 Å². The van der Waals surface area contributed by atoms with Crippen LogP contribution in [0.25, 0.3) is 0 Å². The van der Waals surface area contributed by atoms with Crippen molar-refractivity contribution in [3.05, 3.63) is 35.1 Å². The van der Waals surface area contributed by atoms with Crippen LogP contribution in [0.4, 0.5) is 17.6 Å². The van der Waals surface area contributed by atoms with Crippen molar-refractivity contribution in [2.75, 3.05) is 6.61 Å². The lowest BCUT2D eigenvalue weighted by atomic mass is 9.95. The summed E-state index contributed by atoms with van der Waals surface area (Å²) in [6.45, 7) is 4.82. The number of rotatable bonds is 4. The Morgan fingerprint density at radius 3 is 2.32 bits per heavy atom. The second kappa shape index (κ2) is 5.28. The Morgan fingerprint density at radius 1 is 1.26 bits per heavy atom. The molecule has 0 bridgehead atoms. The number of ether oxygens (including phenoxy) is 1. The third-order valence-corrected chi connectivity index (χ3v) is 2.59. The fraction of sp³-hybridized carbons (Fsp3) is 0.462. The van der Waals surface area contributed by atoms with Gasteiger partial charge in [-0.05, 0) is 39.0 Å². The first-order chi connectivity index (χ1) is 8.59. The SMILES string of the molecule is CCOC(C)(C)C(=O)c1ccc(F)c(C(F)(F)F)c1. The van der Waals surface area contributed by atoms with Crippen LogP contribution in [0.2, 0.25) is 0 Å². The van der Waals surface area contributed by atoms with Gasteiger partial charge in [0.1, 0.15) is 11.4 Å². The van der Waals surface area contributed by atoms with E-state index >= 15 is 0 Å². The van der Waals surface area contributed by atoms with Crippen LogP contribution in [-0.2, 0) is 10.9 Å². The summed E-state index contributed by atoms with van der Waals surface area (Å²) in [5.41, 5.74) is -2.94. The quantitative estimate of drug-likeness (QED) is 0.618. The molecule has 0 spiro atoms. The van der Waals surface area contributed by atoms with E-state index in [1.807, 2.05) is 0 Å². The van der Waals surface area contributed by atoms with Crippen LogP contribution in [0.3, 0.4) is 0 Å². The van der Waals surface area contributed by atoms with E-state index in [0.717, 1.165) is 6.07 Å². The highest BCUT2D eigenvalue weighted by Gasteiger charge is 2.36. The summed E-state index contributed by atoms with van der Waals surface area (Å²) in [4.78, 5) is 12.0. The highest BCUT2D eigenvalue weighted by Crippen LogP contribution is 2.32. The van der Waals surface area contributed by atoms with E-state index in [-0.39, 0.29) is 12.2 Å². The molecule has 1 rings (SSSR count). The molecule has 0 N–H and O–H groups in total. The van der Waals surface area contributed by atoms with Gasteiger partial charge in [0.25, 0.3) is 0 Å². The van der Waals surface area contributed by atoms with Gasteiger partial charge < -0.3 is 4.74 Å². The number of ketones is 1. The number of halogens is 4. The van der Waals surface area contributed by atoms with E-state index in [9.17, 15) is 22.4 Å². The van der Waals surface area contributed by atoms with Crippen molar-refractivity contribution in [1.29, 1.82) is 0 Å². The second-order valence-electron chi connectivity index (χ2n) is 4.46. The Kier molecular flexibility index (Phi) is 4.35. The van der Waals surface area contributed by atoms with Gasteiger partial charge in [0.05, 0.1) is 5.56 Å². The molecule has 0 radical (unpaired) electrons. The molecule has 0 aliphatic heterocycles. The highest BCUT2D eigenvalue weighted by molar-refractivity contribution is 6.02. The van der Waals surface area contributed by atoms with Crippen molar-refractivity contribution in [3.8, 4) is 0 Å². The van der Waals surface area contributed by atoms with E-state index in [1.54, 1.807) is 6.92 Å². The van der Waals surface area contributed by atoms with Gasteiger partial charge in [0.15, 0.2) is 5.78 Å². The van der Waals surface area contributed by atoms with Gasteiger partial charge in [-0.3, -0.25) is 4.79 Å². The predicted octanol–water partition coefficient (Wildman–Crippen LogP) is 3.84. The molecule has 0 fully saturated rings. The number of carbonyl (C=O) groups is 1. The molecule has 0 aliphatic rings. The third-order valence-electron chi connectivity index (χ3n) is 2.59. The Morgan fingerprint density at radius 2 is 1.84 bits per heavy atom. The van der Waals surface area contributed by atoms with E-state index in [4.69, 9.17) is 4.74 Å². The molecule has 0 atom stereocenters. The maximum atomic E-state index is 13.1.